The van der Waals surface area contributed by atoms with Crippen LogP contribution in [0.15, 0.2) is 237 Å². The summed E-state index contributed by atoms with van der Waals surface area (Å²) in [6.07, 6.45) is -2.15. The molecule has 23 nitrogen and oxygen atoms in total. The van der Waals surface area contributed by atoms with Crippen LogP contribution in [-0.2, 0) is 81.8 Å². The number of hydrogen-bond acceptors (Lipinski definition) is 23. The van der Waals surface area contributed by atoms with Gasteiger partial charge in [-0.25, -0.2) is 0 Å². The lowest BCUT2D eigenvalue weighted by molar-refractivity contribution is -0.275. The minimum atomic E-state index is -4.84. The standard InChI is InChI=1S/C21H19ClF3N3O2S.C21H20F3N3O2S.C21H16F3N3O2S.C21H23N3OS.C20H20ClN3OS/c1-3-13-4-6-14(7-5-13)8-18(26-12(2)29)20-28-27-19(31-20)15-9-16(22)11-17(10-15)30-21(23,24)25;2*1-3-14-4-6-15(7-5-14)12-18(25-13(2)28)20-27-26-19(30-20)16-8-10-17(11-9-16)29-21(22,23)24;1-4-16-8-10-17(11-9-16)13-19(22-15(3)25)21-24-23-20(26-21)18-7-5-6-14(2)12-18;1-3-14-7-9-15(10-8-14)11-18(22-13(2)25)20-24-23-19(26-20)16-5-4-6-17(21)12-16/h4-7,9-11,18H,3,8H2,1-2H3,(H,26,29);4-11,18H,3,12H2,1-2H3,(H,25,28);1,4-11,18H,12H2,2H3,(H,25,28);5-12,19H,4,13H2,1-3H3,(H,22,25);4-10,12,18H,3,11H2,1-2H3,(H,22,25). The van der Waals surface area contributed by atoms with Gasteiger partial charge in [-0.05, 0) is 212 Å². The molecule has 39 heteroatoms. The highest BCUT2D eigenvalue weighted by Gasteiger charge is 2.35. The molecule has 10 aromatic carbocycles. The second kappa shape index (κ2) is 52.3. The number of aromatic nitrogens is 10. The average Bonchev–Trinajstić information content (AvgIpc) is 1.73. The van der Waals surface area contributed by atoms with Crippen molar-refractivity contribution in [1.29, 1.82) is 0 Å². The molecule has 0 saturated heterocycles. The van der Waals surface area contributed by atoms with Crippen molar-refractivity contribution >= 4 is 109 Å². The van der Waals surface area contributed by atoms with E-state index in [9.17, 15) is 63.5 Å². The molecule has 0 saturated carbocycles. The van der Waals surface area contributed by atoms with Crippen LogP contribution in [0.25, 0.3) is 52.9 Å². The number of amides is 5. The molecular weight excluding hydrogens is 1990 g/mol. The van der Waals surface area contributed by atoms with Crippen molar-refractivity contribution in [2.45, 2.75) is 176 Å². The zero-order chi connectivity index (χ0) is 103. The first kappa shape index (κ1) is 110. The Morgan fingerprint density at radius 3 is 0.825 bits per heavy atom. The van der Waals surface area contributed by atoms with E-state index in [4.69, 9.17) is 29.6 Å². The summed E-state index contributed by atoms with van der Waals surface area (Å²) in [5.41, 5.74) is 15.9. The summed E-state index contributed by atoms with van der Waals surface area (Å²) in [6.45, 7) is 17.8. The van der Waals surface area contributed by atoms with Crippen molar-refractivity contribution in [2.24, 2.45) is 0 Å². The van der Waals surface area contributed by atoms with Gasteiger partial charge in [0.05, 0.1) is 30.2 Å². The fourth-order valence-electron chi connectivity index (χ4n) is 14.1. The summed E-state index contributed by atoms with van der Waals surface area (Å²) in [4.78, 5) is 58.4. The molecule has 5 unspecified atom stereocenters. The molecule has 15 rings (SSSR count). The number of terminal acetylenes is 1. The maximum Gasteiger partial charge on any atom is 0.573 e. The maximum absolute atomic E-state index is 12.6. The van der Waals surface area contributed by atoms with Crippen LogP contribution in [-0.4, -0.2) is 99.6 Å². The summed E-state index contributed by atoms with van der Waals surface area (Å²) in [5, 5.41) is 64.0. The number of ether oxygens (including phenoxy) is 3. The summed E-state index contributed by atoms with van der Waals surface area (Å²) in [7, 11) is 0. The van der Waals surface area contributed by atoms with E-state index in [2.05, 4.69) is 205 Å². The highest BCUT2D eigenvalue weighted by Crippen LogP contribution is 2.39. The molecule has 5 N–H and O–H groups in total. The number of nitrogens with one attached hydrogen (secondary N) is 5. The number of alkyl halides is 9. The third kappa shape index (κ3) is 36.0. The van der Waals surface area contributed by atoms with E-state index in [0.717, 1.165) is 90.7 Å². The van der Waals surface area contributed by atoms with Crippen molar-refractivity contribution in [3.05, 3.63) is 333 Å². The molecule has 15 aromatic rings. The van der Waals surface area contributed by atoms with Gasteiger partial charge < -0.3 is 40.8 Å². The van der Waals surface area contributed by atoms with Crippen LogP contribution in [0.1, 0.15) is 179 Å². The molecule has 5 atom stereocenters. The minimum Gasteiger partial charge on any atom is -0.406 e. The Labute approximate surface area is 850 Å². The minimum absolute atomic E-state index is 0.0625. The highest BCUT2D eigenvalue weighted by molar-refractivity contribution is 7.16. The summed E-state index contributed by atoms with van der Waals surface area (Å²) in [5.74, 6) is 0.710. The van der Waals surface area contributed by atoms with Gasteiger partial charge in [0.1, 0.15) is 67.3 Å². The molecule has 5 heterocycles. The van der Waals surface area contributed by atoms with E-state index in [0.29, 0.717) is 83.9 Å². The lowest BCUT2D eigenvalue weighted by Crippen LogP contribution is -2.27. The van der Waals surface area contributed by atoms with E-state index >= 15 is 0 Å². The average molecular weight is 2090 g/mol. The summed E-state index contributed by atoms with van der Waals surface area (Å²) >= 11 is 18.7. The molecule has 0 aliphatic carbocycles. The third-order valence-corrected chi connectivity index (χ3v) is 26.9. The molecule has 0 radical (unpaired) electrons. The number of aryl methyl sites for hydroxylation is 5. The quantitative estimate of drug-likeness (QED) is 0.0193. The Morgan fingerprint density at radius 1 is 0.308 bits per heavy atom. The smallest absolute Gasteiger partial charge is 0.406 e. The fraction of sp³-hybridized carbons (Fsp3) is 0.260. The van der Waals surface area contributed by atoms with Crippen molar-refractivity contribution < 1.29 is 77.7 Å². The SMILES string of the molecule is C#Cc1ccc(CC(NC(C)=O)c2nnc(-c3ccc(OC(F)(F)F)cc3)s2)cc1.CCc1ccc(CC(NC(C)=O)c2nnc(-c3cc(Cl)cc(OC(F)(F)F)c3)s2)cc1.CCc1ccc(CC(NC(C)=O)c2nnc(-c3ccc(OC(F)(F)F)cc3)s2)cc1.CCc1ccc(CC(NC(C)=O)c2nnc(-c3cccc(C)c3)s2)cc1.CCc1ccc(CC(NC(C)=O)c2nnc(-c3cccc(Cl)c3)s2)cc1. The largest absolute Gasteiger partial charge is 0.573 e. The Hall–Kier alpha value is -13.7. The highest BCUT2D eigenvalue weighted by atomic mass is 35.5. The van der Waals surface area contributed by atoms with Crippen LogP contribution in [0.4, 0.5) is 39.5 Å². The first-order chi connectivity index (χ1) is 68.2. The van der Waals surface area contributed by atoms with Crippen molar-refractivity contribution in [1.82, 2.24) is 77.6 Å². The van der Waals surface area contributed by atoms with Gasteiger partial charge in [0.15, 0.2) is 0 Å². The number of hydrogen-bond donors (Lipinski definition) is 5. The van der Waals surface area contributed by atoms with Crippen molar-refractivity contribution in [3.63, 3.8) is 0 Å². The number of rotatable bonds is 32. The topological polar surface area (TPSA) is 302 Å². The van der Waals surface area contributed by atoms with Gasteiger partial charge in [0.2, 0.25) is 29.5 Å². The van der Waals surface area contributed by atoms with E-state index in [1.54, 1.807) is 0 Å². The molecule has 0 aliphatic heterocycles. The van der Waals surface area contributed by atoms with Gasteiger partial charge in [0.25, 0.3) is 0 Å². The molecule has 143 heavy (non-hydrogen) atoms. The summed E-state index contributed by atoms with van der Waals surface area (Å²) in [6, 6.07) is 69.3. The number of carbonyl (C=O) groups is 5. The predicted molar refractivity (Wildman–Crippen MR) is 540 cm³/mol. The molecule has 0 bridgehead atoms. The Bertz CT molecular complexity index is 6600. The Kier molecular flexibility index (Phi) is 40.1. The van der Waals surface area contributed by atoms with Crippen molar-refractivity contribution in [3.8, 4) is 82.4 Å². The molecule has 744 valence electrons. The van der Waals surface area contributed by atoms with Crippen LogP contribution in [0.3, 0.4) is 0 Å². The second-order valence-electron chi connectivity index (χ2n) is 32.3. The lowest BCUT2D eigenvalue weighted by Gasteiger charge is -2.15. The first-order valence-electron chi connectivity index (χ1n) is 44.7. The second-order valence-corrected chi connectivity index (χ2v) is 38.2. The van der Waals surface area contributed by atoms with E-state index in [1.165, 1.54) is 185 Å². The number of halogens is 11. The van der Waals surface area contributed by atoms with Gasteiger partial charge >= 0.3 is 19.1 Å². The molecule has 0 aliphatic rings. The third-order valence-electron chi connectivity index (χ3n) is 21.0. The predicted octanol–water partition coefficient (Wildman–Crippen LogP) is 24.7. The normalized spacial score (nSPS) is 12.2. The molecule has 5 amide bonds. The zero-order valence-electron chi connectivity index (χ0n) is 78.8. The number of nitrogens with zero attached hydrogens (tertiary/aromatic N) is 10. The van der Waals surface area contributed by atoms with Crippen LogP contribution in [0, 0.1) is 19.3 Å². The van der Waals surface area contributed by atoms with Crippen LogP contribution in [0.2, 0.25) is 10.0 Å². The molecule has 5 aromatic heterocycles. The molecular formula is C104H98Cl2F9N15O8S5. The lowest BCUT2D eigenvalue weighted by atomic mass is 10.0. The number of benzene rings is 10. The molecule has 0 spiro atoms. The van der Waals surface area contributed by atoms with Crippen LogP contribution >= 0.6 is 79.9 Å². The molecule has 0 fully saturated rings. The van der Waals surface area contributed by atoms with E-state index in [-0.39, 0.29) is 64.2 Å². The maximum atomic E-state index is 12.6. The van der Waals surface area contributed by atoms with Gasteiger partial charge in [0, 0.05) is 78.0 Å². The first-order valence-corrected chi connectivity index (χ1v) is 49.5. The Balaban J connectivity index is 0.000000171. The Morgan fingerprint density at radius 2 is 0.559 bits per heavy atom. The van der Waals surface area contributed by atoms with Crippen LogP contribution in [0.5, 0.6) is 17.2 Å². The van der Waals surface area contributed by atoms with Crippen molar-refractivity contribution in [2.75, 3.05) is 0 Å². The van der Waals surface area contributed by atoms with Crippen LogP contribution < -0.4 is 40.8 Å². The van der Waals surface area contributed by atoms with Gasteiger partial charge in [-0.15, -0.1) is 96.9 Å². The fourth-order valence-corrected chi connectivity index (χ4v) is 19.0. The monoisotopic (exact) mass is 2090 g/mol. The van der Waals surface area contributed by atoms with E-state index in [1.807, 2.05) is 97.1 Å². The van der Waals surface area contributed by atoms with Gasteiger partial charge in [-0.1, -0.05) is 259 Å². The van der Waals surface area contributed by atoms with E-state index < -0.39 is 36.9 Å². The number of carbonyl (C=O) groups excluding carboxylic acids is 5. The van der Waals surface area contributed by atoms with Gasteiger partial charge in [-0.2, -0.15) is 0 Å². The van der Waals surface area contributed by atoms with Gasteiger partial charge in [-0.3, -0.25) is 24.0 Å². The zero-order valence-corrected chi connectivity index (χ0v) is 84.4. The summed E-state index contributed by atoms with van der Waals surface area (Å²) < 4.78 is 123.